The van der Waals surface area contributed by atoms with Gasteiger partial charge in [0.05, 0.1) is 6.04 Å². The quantitative estimate of drug-likeness (QED) is 0.613. The van der Waals surface area contributed by atoms with E-state index in [-0.39, 0.29) is 12.6 Å². The van der Waals surface area contributed by atoms with Gasteiger partial charge in [-0.3, -0.25) is 14.5 Å². The van der Waals surface area contributed by atoms with Crippen molar-refractivity contribution in [1.29, 1.82) is 0 Å². The Bertz CT molecular complexity index is 950. The number of imide groups is 1. The number of carbonyl (C=O) groups excluding carboxylic acids is 3. The maximum absolute atomic E-state index is 13.0. The van der Waals surface area contributed by atoms with Gasteiger partial charge in [-0.05, 0) is 48.7 Å². The van der Waals surface area contributed by atoms with Gasteiger partial charge in [-0.1, -0.05) is 58.7 Å². The van der Waals surface area contributed by atoms with Gasteiger partial charge in [-0.25, -0.2) is 4.79 Å². The molecule has 0 aliphatic carbocycles. The van der Waals surface area contributed by atoms with E-state index in [1.54, 1.807) is 37.3 Å². The van der Waals surface area contributed by atoms with Gasteiger partial charge in [0.2, 0.25) is 5.91 Å². The molecule has 152 valence electrons. The van der Waals surface area contributed by atoms with Crippen molar-refractivity contribution in [3.63, 3.8) is 0 Å². The first-order chi connectivity index (χ1) is 13.7. The number of hydrogen-bond acceptors (Lipinski definition) is 3. The number of urea groups is 1. The Morgan fingerprint density at radius 1 is 1.24 bits per heavy atom. The van der Waals surface area contributed by atoms with Crippen LogP contribution in [0, 0.1) is 0 Å². The second-order valence-corrected chi connectivity index (χ2v) is 8.39. The smallest absolute Gasteiger partial charge is 0.325 e. The Kier molecular flexibility index (Phi) is 6.29. The van der Waals surface area contributed by atoms with Crippen LogP contribution in [0.4, 0.5) is 4.79 Å². The van der Waals surface area contributed by atoms with E-state index in [9.17, 15) is 14.4 Å². The van der Waals surface area contributed by atoms with Crippen molar-refractivity contribution in [1.82, 2.24) is 15.5 Å². The molecule has 0 aromatic heterocycles. The van der Waals surface area contributed by atoms with Crippen LogP contribution in [0.25, 0.3) is 0 Å². The first kappa shape index (κ1) is 21.3. The predicted molar refractivity (Wildman–Crippen MR) is 114 cm³/mol. The highest BCUT2D eigenvalue weighted by atomic mass is 79.9. The van der Waals surface area contributed by atoms with Crippen LogP contribution in [0.3, 0.4) is 0 Å². The number of carbonyl (C=O) groups is 3. The molecule has 2 aromatic carbocycles. The number of benzene rings is 2. The van der Waals surface area contributed by atoms with Gasteiger partial charge >= 0.3 is 6.03 Å². The van der Waals surface area contributed by atoms with Crippen molar-refractivity contribution in [2.24, 2.45) is 0 Å². The molecule has 0 bridgehead atoms. The van der Waals surface area contributed by atoms with E-state index < -0.39 is 23.4 Å². The number of nitrogens with one attached hydrogen (secondary N) is 2. The fraction of sp³-hybridized carbons (Fsp3) is 0.286. The van der Waals surface area contributed by atoms with Crippen molar-refractivity contribution in [2.75, 3.05) is 6.54 Å². The van der Waals surface area contributed by atoms with Crippen LogP contribution in [-0.4, -0.2) is 29.3 Å². The summed E-state index contributed by atoms with van der Waals surface area (Å²) >= 11 is 9.29. The minimum Gasteiger partial charge on any atom is -0.348 e. The van der Waals surface area contributed by atoms with E-state index in [2.05, 4.69) is 26.6 Å². The molecule has 2 unspecified atom stereocenters. The molecule has 1 fully saturated rings. The third-order valence-corrected chi connectivity index (χ3v) is 5.74. The van der Waals surface area contributed by atoms with Crippen LogP contribution in [0.1, 0.15) is 37.4 Å². The van der Waals surface area contributed by atoms with Crippen molar-refractivity contribution >= 4 is 45.4 Å². The first-order valence-corrected chi connectivity index (χ1v) is 10.4. The lowest BCUT2D eigenvalue weighted by molar-refractivity contribution is -0.135. The standard InChI is InChI=1S/C21H21BrClN3O3/c1-3-17(13-7-9-16(23)10-8-13)24-18(27)12-26-19(28)21(2,25-20(26)29)14-5-4-6-15(22)11-14/h4-11,17H,3,12H2,1-2H3,(H,24,27)(H,25,29). The molecule has 29 heavy (non-hydrogen) atoms. The average molecular weight is 479 g/mol. The third kappa shape index (κ3) is 4.46. The van der Waals surface area contributed by atoms with Gasteiger partial charge < -0.3 is 10.6 Å². The monoisotopic (exact) mass is 477 g/mol. The minimum absolute atomic E-state index is 0.239. The number of amides is 4. The summed E-state index contributed by atoms with van der Waals surface area (Å²) in [6, 6.07) is 13.5. The molecule has 0 saturated carbocycles. The highest BCUT2D eigenvalue weighted by molar-refractivity contribution is 9.10. The summed E-state index contributed by atoms with van der Waals surface area (Å²) in [6.07, 6.45) is 0.656. The van der Waals surface area contributed by atoms with Crippen LogP contribution < -0.4 is 10.6 Å². The molecule has 4 amide bonds. The maximum Gasteiger partial charge on any atom is 0.325 e. The van der Waals surface area contributed by atoms with E-state index in [4.69, 9.17) is 11.6 Å². The molecule has 2 aromatic rings. The van der Waals surface area contributed by atoms with Crippen molar-refractivity contribution in [3.8, 4) is 0 Å². The minimum atomic E-state index is -1.22. The van der Waals surface area contributed by atoms with Crippen molar-refractivity contribution < 1.29 is 14.4 Å². The van der Waals surface area contributed by atoms with Gasteiger partial charge in [0, 0.05) is 9.50 Å². The zero-order valence-electron chi connectivity index (χ0n) is 16.0. The van der Waals surface area contributed by atoms with E-state index in [0.29, 0.717) is 17.0 Å². The molecule has 8 heteroatoms. The molecule has 3 rings (SSSR count). The second-order valence-electron chi connectivity index (χ2n) is 7.04. The Morgan fingerprint density at radius 3 is 2.55 bits per heavy atom. The Morgan fingerprint density at radius 2 is 1.93 bits per heavy atom. The van der Waals surface area contributed by atoms with Crippen molar-refractivity contribution in [3.05, 3.63) is 69.2 Å². The molecular formula is C21H21BrClN3O3. The maximum atomic E-state index is 13.0. The SMILES string of the molecule is CCC(NC(=O)CN1C(=O)NC(C)(c2cccc(Br)c2)C1=O)c1ccc(Cl)cc1. The lowest BCUT2D eigenvalue weighted by atomic mass is 9.92. The summed E-state index contributed by atoms with van der Waals surface area (Å²) in [7, 11) is 0. The predicted octanol–water partition coefficient (Wildman–Crippen LogP) is 4.14. The molecular weight excluding hydrogens is 458 g/mol. The highest BCUT2D eigenvalue weighted by Gasteiger charge is 2.49. The summed E-state index contributed by atoms with van der Waals surface area (Å²) in [5, 5.41) is 6.20. The van der Waals surface area contributed by atoms with E-state index in [1.807, 2.05) is 25.1 Å². The highest BCUT2D eigenvalue weighted by Crippen LogP contribution is 2.30. The summed E-state index contributed by atoms with van der Waals surface area (Å²) in [5.74, 6) is -0.871. The normalized spacial score (nSPS) is 19.8. The van der Waals surface area contributed by atoms with Crippen LogP contribution >= 0.6 is 27.5 Å². The molecule has 6 nitrogen and oxygen atoms in total. The lowest BCUT2D eigenvalue weighted by Crippen LogP contribution is -2.43. The molecule has 2 atom stereocenters. The van der Waals surface area contributed by atoms with E-state index in [0.717, 1.165) is 14.9 Å². The van der Waals surface area contributed by atoms with Gasteiger partial charge in [0.1, 0.15) is 12.1 Å². The molecule has 1 aliphatic heterocycles. The Balaban J connectivity index is 1.72. The van der Waals surface area contributed by atoms with Crippen LogP contribution in [-0.2, 0) is 15.1 Å². The molecule has 1 aliphatic rings. The number of hydrogen-bond donors (Lipinski definition) is 2. The van der Waals surface area contributed by atoms with Crippen LogP contribution in [0.2, 0.25) is 5.02 Å². The van der Waals surface area contributed by atoms with Crippen LogP contribution in [0.5, 0.6) is 0 Å². The molecule has 1 saturated heterocycles. The van der Waals surface area contributed by atoms with Gasteiger partial charge in [-0.2, -0.15) is 0 Å². The number of nitrogens with zero attached hydrogens (tertiary/aromatic N) is 1. The Hall–Kier alpha value is -2.38. The number of halogens is 2. The topological polar surface area (TPSA) is 78.5 Å². The summed E-state index contributed by atoms with van der Waals surface area (Å²) in [6.45, 7) is 3.23. The van der Waals surface area contributed by atoms with Crippen LogP contribution in [0.15, 0.2) is 53.0 Å². The average Bonchev–Trinajstić information content (AvgIpc) is 2.91. The number of rotatable bonds is 6. The first-order valence-electron chi connectivity index (χ1n) is 9.19. The fourth-order valence-corrected chi connectivity index (χ4v) is 3.86. The summed E-state index contributed by atoms with van der Waals surface area (Å²) in [5.41, 5.74) is 0.323. The van der Waals surface area contributed by atoms with Gasteiger partial charge in [0.25, 0.3) is 5.91 Å². The molecule has 1 heterocycles. The third-order valence-electron chi connectivity index (χ3n) is 4.99. The van der Waals surface area contributed by atoms with Gasteiger partial charge in [0.15, 0.2) is 0 Å². The fourth-order valence-electron chi connectivity index (χ4n) is 3.34. The van der Waals surface area contributed by atoms with E-state index in [1.165, 1.54) is 0 Å². The summed E-state index contributed by atoms with van der Waals surface area (Å²) in [4.78, 5) is 39.0. The van der Waals surface area contributed by atoms with Crippen molar-refractivity contribution in [2.45, 2.75) is 31.8 Å². The molecule has 0 radical (unpaired) electrons. The zero-order chi connectivity index (χ0) is 21.2. The largest absolute Gasteiger partial charge is 0.348 e. The lowest BCUT2D eigenvalue weighted by Gasteiger charge is -2.23. The Labute approximate surface area is 182 Å². The second kappa shape index (κ2) is 8.55. The van der Waals surface area contributed by atoms with E-state index >= 15 is 0 Å². The molecule has 2 N–H and O–H groups in total. The van der Waals surface area contributed by atoms with Gasteiger partial charge in [-0.15, -0.1) is 0 Å². The zero-order valence-corrected chi connectivity index (χ0v) is 18.4. The molecule has 0 spiro atoms. The summed E-state index contributed by atoms with van der Waals surface area (Å²) < 4.78 is 0.795.